The number of aryl methyl sites for hydroxylation is 1. The molecule has 0 aliphatic carbocycles. The van der Waals surface area contributed by atoms with Crippen molar-refractivity contribution in [1.29, 1.82) is 0 Å². The third-order valence-electron chi connectivity index (χ3n) is 5.50. The van der Waals surface area contributed by atoms with Crippen molar-refractivity contribution >= 4 is 53.5 Å². The molecule has 172 valence electrons. The monoisotopic (exact) mass is 484 g/mol. The van der Waals surface area contributed by atoms with E-state index in [0.29, 0.717) is 18.2 Å². The molecule has 0 aliphatic heterocycles. The number of primary sulfonamides is 1. The number of aromatic nitrogens is 2. The first kappa shape index (κ1) is 23.1. The summed E-state index contributed by atoms with van der Waals surface area (Å²) in [4.78, 5) is 21.2. The van der Waals surface area contributed by atoms with Crippen LogP contribution in [0.5, 0.6) is 0 Å². The van der Waals surface area contributed by atoms with Gasteiger partial charge in [-0.15, -0.1) is 11.3 Å². The molecule has 0 saturated heterocycles. The first-order valence-electron chi connectivity index (χ1n) is 10.5. The second-order valence-corrected chi connectivity index (χ2v) is 10.5. The van der Waals surface area contributed by atoms with Gasteiger partial charge in [0.05, 0.1) is 16.7 Å². The second-order valence-electron chi connectivity index (χ2n) is 7.89. The van der Waals surface area contributed by atoms with Crippen molar-refractivity contribution in [2.45, 2.75) is 37.0 Å². The number of carbonyl (C=O) groups is 1. The molecule has 4 aromatic rings. The fraction of sp³-hybridized carbons (Fsp3) is 0.261. The van der Waals surface area contributed by atoms with Crippen LogP contribution < -0.4 is 10.5 Å². The summed E-state index contributed by atoms with van der Waals surface area (Å²) in [6.45, 7) is 2.70. The zero-order valence-corrected chi connectivity index (χ0v) is 19.6. The Kier molecular flexibility index (Phi) is 6.59. The van der Waals surface area contributed by atoms with Gasteiger partial charge in [-0.25, -0.2) is 23.5 Å². The number of nitrogens with zero attached hydrogens (tertiary/aromatic N) is 2. The highest BCUT2D eigenvalue weighted by atomic mass is 32.2. The summed E-state index contributed by atoms with van der Waals surface area (Å²) in [5.41, 5.74) is 1.01. The lowest BCUT2D eigenvalue weighted by atomic mass is 9.98. The number of rotatable bonds is 9. The number of nitrogens with one attached hydrogen (secondary N) is 1. The number of sulfonamides is 1. The van der Waals surface area contributed by atoms with Crippen LogP contribution in [0.25, 0.3) is 20.3 Å². The van der Waals surface area contributed by atoms with E-state index >= 15 is 0 Å². The van der Waals surface area contributed by atoms with Crippen molar-refractivity contribution in [3.63, 3.8) is 0 Å². The molecule has 0 aliphatic rings. The number of carboxylic acids is 1. The van der Waals surface area contributed by atoms with Gasteiger partial charge in [0.1, 0.15) is 16.5 Å². The Labute approximate surface area is 195 Å². The molecule has 33 heavy (non-hydrogen) atoms. The molecule has 10 heteroatoms. The highest BCUT2D eigenvalue weighted by Crippen LogP contribution is 2.36. The standard InChI is InChI=1S/C23H24N4O4S2/c1-14(15-6-8-16(9-7-15)33(24,30)31)12-13-25-22-21-17-4-2-3-5-18(17)32-23(21)27-19(26-22)10-11-20(28)29/h2-9,14H,10-13H2,1H3,(H,28,29)(H2,24,30,31)(H,25,26,27). The minimum absolute atomic E-state index is 0.0264. The second kappa shape index (κ2) is 9.42. The average Bonchev–Trinajstić information content (AvgIpc) is 3.15. The number of hydrogen-bond donors (Lipinski definition) is 3. The van der Waals surface area contributed by atoms with E-state index in [4.69, 9.17) is 10.2 Å². The number of thiophene rings is 1. The van der Waals surface area contributed by atoms with Crippen molar-refractivity contribution in [1.82, 2.24) is 9.97 Å². The average molecular weight is 485 g/mol. The third-order valence-corrected chi connectivity index (χ3v) is 7.49. The van der Waals surface area contributed by atoms with Crippen LogP contribution in [0.1, 0.15) is 37.1 Å². The molecule has 1 atom stereocenters. The minimum atomic E-state index is -3.71. The lowest BCUT2D eigenvalue weighted by Gasteiger charge is -2.14. The van der Waals surface area contributed by atoms with E-state index in [9.17, 15) is 13.2 Å². The van der Waals surface area contributed by atoms with Crippen LogP contribution >= 0.6 is 11.3 Å². The molecule has 4 rings (SSSR count). The van der Waals surface area contributed by atoms with Gasteiger partial charge in [-0.05, 0) is 36.1 Å². The van der Waals surface area contributed by atoms with Crippen LogP contribution in [0.4, 0.5) is 5.82 Å². The normalized spacial score (nSPS) is 12.8. The summed E-state index contributed by atoms with van der Waals surface area (Å²) in [5, 5.41) is 19.6. The summed E-state index contributed by atoms with van der Waals surface area (Å²) >= 11 is 1.57. The lowest BCUT2D eigenvalue weighted by molar-refractivity contribution is -0.137. The number of benzene rings is 2. The Morgan fingerprint density at radius 2 is 1.88 bits per heavy atom. The smallest absolute Gasteiger partial charge is 0.303 e. The van der Waals surface area contributed by atoms with Gasteiger partial charge < -0.3 is 10.4 Å². The van der Waals surface area contributed by atoms with Gasteiger partial charge >= 0.3 is 5.97 Å². The number of aliphatic carboxylic acids is 1. The molecule has 2 heterocycles. The maximum Gasteiger partial charge on any atom is 0.303 e. The summed E-state index contributed by atoms with van der Waals surface area (Å²) in [6, 6.07) is 14.6. The Morgan fingerprint density at radius 1 is 1.15 bits per heavy atom. The number of nitrogens with two attached hydrogens (primary N) is 1. The highest BCUT2D eigenvalue weighted by Gasteiger charge is 2.15. The van der Waals surface area contributed by atoms with Gasteiger partial charge in [-0.1, -0.05) is 37.3 Å². The fourth-order valence-corrected chi connectivity index (χ4v) is 5.30. The molecule has 0 bridgehead atoms. The van der Waals surface area contributed by atoms with E-state index in [1.54, 1.807) is 23.5 Å². The summed E-state index contributed by atoms with van der Waals surface area (Å²) in [7, 11) is -3.71. The summed E-state index contributed by atoms with van der Waals surface area (Å²) < 4.78 is 24.0. The predicted octanol–water partition coefficient (Wildman–Crippen LogP) is 4.11. The zero-order chi connectivity index (χ0) is 23.6. The molecule has 0 saturated carbocycles. The molecule has 0 spiro atoms. The molecule has 0 fully saturated rings. The molecule has 8 nitrogen and oxygen atoms in total. The Balaban J connectivity index is 1.55. The molecule has 2 aromatic heterocycles. The van der Waals surface area contributed by atoms with E-state index in [1.807, 2.05) is 24.3 Å². The first-order chi connectivity index (χ1) is 15.7. The van der Waals surface area contributed by atoms with E-state index in [2.05, 4.69) is 22.2 Å². The van der Waals surface area contributed by atoms with Crippen LogP contribution in [0, 0.1) is 0 Å². The van der Waals surface area contributed by atoms with Crippen molar-refractivity contribution in [3.8, 4) is 0 Å². The molecule has 4 N–H and O–H groups in total. The van der Waals surface area contributed by atoms with Crippen molar-refractivity contribution < 1.29 is 18.3 Å². The Hall–Kier alpha value is -3.08. The SMILES string of the molecule is CC(CCNc1nc(CCC(=O)O)nc2sc3ccccc3c12)c1ccc(S(N)(=O)=O)cc1. The van der Waals surface area contributed by atoms with Crippen molar-refractivity contribution in [3.05, 3.63) is 59.9 Å². The van der Waals surface area contributed by atoms with Gasteiger partial charge in [-0.2, -0.15) is 0 Å². The quantitative estimate of drug-likeness (QED) is 0.325. The summed E-state index contributed by atoms with van der Waals surface area (Å²) in [6.07, 6.45) is 1.02. The maximum absolute atomic E-state index is 11.5. The van der Waals surface area contributed by atoms with E-state index in [1.165, 1.54) is 12.1 Å². The van der Waals surface area contributed by atoms with E-state index in [0.717, 1.165) is 32.3 Å². The zero-order valence-electron chi connectivity index (χ0n) is 18.0. The minimum Gasteiger partial charge on any atom is -0.481 e. The molecule has 1 unspecified atom stereocenters. The molecule has 0 amide bonds. The van der Waals surface area contributed by atoms with Gasteiger partial charge in [-0.3, -0.25) is 4.79 Å². The lowest BCUT2D eigenvalue weighted by Crippen LogP contribution is -2.12. The number of anilines is 1. The maximum atomic E-state index is 11.5. The molecular formula is C23H24N4O4S2. The number of fused-ring (bicyclic) bond motifs is 3. The highest BCUT2D eigenvalue weighted by molar-refractivity contribution is 7.89. The van der Waals surface area contributed by atoms with Gasteiger partial charge in [0.15, 0.2) is 0 Å². The van der Waals surface area contributed by atoms with Gasteiger partial charge in [0, 0.05) is 23.1 Å². The van der Waals surface area contributed by atoms with Gasteiger partial charge in [0.2, 0.25) is 10.0 Å². The molecule has 2 aromatic carbocycles. The predicted molar refractivity (Wildman–Crippen MR) is 130 cm³/mol. The van der Waals surface area contributed by atoms with Crippen molar-refractivity contribution in [2.24, 2.45) is 5.14 Å². The number of hydrogen-bond acceptors (Lipinski definition) is 7. The molecule has 0 radical (unpaired) electrons. The van der Waals surface area contributed by atoms with Crippen molar-refractivity contribution in [2.75, 3.05) is 11.9 Å². The molecular weight excluding hydrogens is 460 g/mol. The summed E-state index contributed by atoms with van der Waals surface area (Å²) in [5.74, 6) is 0.502. The fourth-order valence-electron chi connectivity index (χ4n) is 3.69. The van der Waals surface area contributed by atoms with Crippen LogP contribution in [-0.4, -0.2) is 36.0 Å². The van der Waals surface area contributed by atoms with Crippen LogP contribution in [0.2, 0.25) is 0 Å². The largest absolute Gasteiger partial charge is 0.481 e. The third kappa shape index (κ3) is 5.29. The van der Waals surface area contributed by atoms with Crippen LogP contribution in [0.3, 0.4) is 0 Å². The Morgan fingerprint density at radius 3 is 2.58 bits per heavy atom. The van der Waals surface area contributed by atoms with Crippen LogP contribution in [-0.2, 0) is 21.2 Å². The van der Waals surface area contributed by atoms with E-state index < -0.39 is 16.0 Å². The topological polar surface area (TPSA) is 135 Å². The Bertz CT molecular complexity index is 1420. The first-order valence-corrected chi connectivity index (χ1v) is 12.9. The van der Waals surface area contributed by atoms with Gasteiger partial charge in [0.25, 0.3) is 0 Å². The van der Waals surface area contributed by atoms with E-state index in [-0.39, 0.29) is 23.7 Å². The van der Waals surface area contributed by atoms with Crippen LogP contribution in [0.15, 0.2) is 53.4 Å². The number of carboxylic acid groups (broad SMARTS) is 1.